The largest absolute Gasteiger partial charge is 0.468 e. The first kappa shape index (κ1) is 12.0. The van der Waals surface area contributed by atoms with Crippen LogP contribution in [0.2, 0.25) is 0 Å². The molecule has 5 heteroatoms. The second kappa shape index (κ2) is 5.75. The van der Waals surface area contributed by atoms with E-state index in [1.54, 1.807) is 24.3 Å². The molecule has 86 valence electrons. The van der Waals surface area contributed by atoms with Crippen molar-refractivity contribution in [1.29, 1.82) is 0 Å². The molecule has 0 fully saturated rings. The number of hydrogen-bond donors (Lipinski definition) is 1. The fraction of sp³-hybridized carbons (Fsp3) is 0.273. The number of carbonyl (C=O) groups is 2. The highest BCUT2D eigenvalue weighted by Gasteiger charge is 2.06. The third-order valence-corrected chi connectivity index (χ3v) is 1.79. The molecule has 0 bridgehead atoms. The van der Waals surface area contributed by atoms with Crippen molar-refractivity contribution >= 4 is 17.6 Å². The van der Waals surface area contributed by atoms with Gasteiger partial charge in [-0.2, -0.15) is 0 Å². The van der Waals surface area contributed by atoms with Crippen molar-refractivity contribution < 1.29 is 19.1 Å². The van der Waals surface area contributed by atoms with Gasteiger partial charge in [-0.05, 0) is 12.1 Å². The summed E-state index contributed by atoms with van der Waals surface area (Å²) in [5.41, 5.74) is 0.572. The van der Waals surface area contributed by atoms with Crippen LogP contribution in [0.5, 0.6) is 5.75 Å². The highest BCUT2D eigenvalue weighted by atomic mass is 16.5. The molecule has 0 atom stereocenters. The Hall–Kier alpha value is -2.04. The number of rotatable bonds is 4. The lowest BCUT2D eigenvalue weighted by molar-refractivity contribution is -0.138. The quantitative estimate of drug-likeness (QED) is 0.613. The van der Waals surface area contributed by atoms with Gasteiger partial charge in [0.05, 0.1) is 12.8 Å². The zero-order chi connectivity index (χ0) is 12.0. The van der Waals surface area contributed by atoms with Gasteiger partial charge in [-0.15, -0.1) is 0 Å². The van der Waals surface area contributed by atoms with Crippen molar-refractivity contribution in [3.63, 3.8) is 0 Å². The Labute approximate surface area is 93.4 Å². The minimum Gasteiger partial charge on any atom is -0.468 e. The molecule has 0 aliphatic rings. The van der Waals surface area contributed by atoms with Crippen molar-refractivity contribution in [3.8, 4) is 5.75 Å². The van der Waals surface area contributed by atoms with E-state index in [2.05, 4.69) is 10.1 Å². The van der Waals surface area contributed by atoms with Gasteiger partial charge in [0.25, 0.3) is 0 Å². The zero-order valence-corrected chi connectivity index (χ0v) is 9.15. The van der Waals surface area contributed by atoms with E-state index in [0.29, 0.717) is 11.4 Å². The molecule has 1 rings (SSSR count). The molecule has 0 spiro atoms. The zero-order valence-electron chi connectivity index (χ0n) is 9.15. The molecule has 0 radical (unpaired) electrons. The SMILES string of the molecule is COC(=O)CNc1ccccc1OC(C)=O. The highest BCUT2D eigenvalue weighted by Crippen LogP contribution is 2.23. The first-order chi connectivity index (χ1) is 7.63. The van der Waals surface area contributed by atoms with Crippen molar-refractivity contribution in [2.45, 2.75) is 6.92 Å². The lowest BCUT2D eigenvalue weighted by atomic mass is 10.3. The van der Waals surface area contributed by atoms with E-state index < -0.39 is 11.9 Å². The van der Waals surface area contributed by atoms with Crippen LogP contribution in [0.4, 0.5) is 5.69 Å². The Morgan fingerprint density at radius 3 is 2.62 bits per heavy atom. The number of anilines is 1. The van der Waals surface area contributed by atoms with E-state index in [-0.39, 0.29) is 6.54 Å². The number of ether oxygens (including phenoxy) is 2. The van der Waals surface area contributed by atoms with Crippen LogP contribution in [-0.4, -0.2) is 25.6 Å². The first-order valence-corrected chi connectivity index (χ1v) is 4.71. The molecule has 16 heavy (non-hydrogen) atoms. The van der Waals surface area contributed by atoms with Gasteiger partial charge in [0.1, 0.15) is 6.54 Å². The molecular weight excluding hydrogens is 210 g/mol. The summed E-state index contributed by atoms with van der Waals surface area (Å²) in [6.45, 7) is 1.34. The monoisotopic (exact) mass is 223 g/mol. The Kier molecular flexibility index (Phi) is 4.32. The van der Waals surface area contributed by atoms with E-state index in [1.165, 1.54) is 14.0 Å². The predicted octanol–water partition coefficient (Wildman–Crippen LogP) is 1.20. The second-order valence-corrected chi connectivity index (χ2v) is 3.02. The number of benzene rings is 1. The Bertz CT molecular complexity index is 389. The van der Waals surface area contributed by atoms with Gasteiger partial charge in [0, 0.05) is 6.92 Å². The minimum absolute atomic E-state index is 0.0226. The van der Waals surface area contributed by atoms with Crippen LogP contribution in [0, 0.1) is 0 Å². The number of hydrogen-bond acceptors (Lipinski definition) is 5. The standard InChI is InChI=1S/C11H13NO4/c1-8(13)16-10-6-4-3-5-9(10)12-7-11(14)15-2/h3-6,12H,7H2,1-2H3. The van der Waals surface area contributed by atoms with Gasteiger partial charge in [0.2, 0.25) is 0 Å². The summed E-state index contributed by atoms with van der Waals surface area (Å²) in [5.74, 6) is -0.413. The van der Waals surface area contributed by atoms with Crippen LogP contribution in [-0.2, 0) is 14.3 Å². The summed E-state index contributed by atoms with van der Waals surface area (Å²) >= 11 is 0. The average Bonchev–Trinajstić information content (AvgIpc) is 2.26. The third kappa shape index (κ3) is 3.61. The van der Waals surface area contributed by atoms with Crippen LogP contribution in [0.15, 0.2) is 24.3 Å². The summed E-state index contributed by atoms with van der Waals surface area (Å²) in [4.78, 5) is 21.7. The second-order valence-electron chi connectivity index (χ2n) is 3.02. The Balaban J connectivity index is 2.70. The van der Waals surface area contributed by atoms with Crippen molar-refractivity contribution in [3.05, 3.63) is 24.3 Å². The molecule has 1 aromatic carbocycles. The average molecular weight is 223 g/mol. The molecule has 0 heterocycles. The lowest BCUT2D eigenvalue weighted by Gasteiger charge is -2.09. The number of nitrogens with one attached hydrogen (secondary N) is 1. The summed E-state index contributed by atoms with van der Waals surface area (Å²) in [6.07, 6.45) is 0. The van der Waals surface area contributed by atoms with E-state index in [4.69, 9.17) is 4.74 Å². The molecule has 1 aromatic rings. The van der Waals surface area contributed by atoms with E-state index in [1.807, 2.05) is 0 Å². The third-order valence-electron chi connectivity index (χ3n) is 1.79. The van der Waals surface area contributed by atoms with Gasteiger partial charge in [-0.1, -0.05) is 12.1 Å². The van der Waals surface area contributed by atoms with Gasteiger partial charge < -0.3 is 14.8 Å². The molecule has 0 aliphatic heterocycles. The molecule has 0 amide bonds. The van der Waals surface area contributed by atoms with Crippen molar-refractivity contribution in [2.75, 3.05) is 19.0 Å². The molecule has 0 unspecified atom stereocenters. The van der Waals surface area contributed by atoms with Gasteiger partial charge in [-0.25, -0.2) is 0 Å². The topological polar surface area (TPSA) is 64.6 Å². The molecule has 0 aromatic heterocycles. The lowest BCUT2D eigenvalue weighted by Crippen LogP contribution is -2.16. The molecule has 1 N–H and O–H groups in total. The Morgan fingerprint density at radius 2 is 2.00 bits per heavy atom. The maximum Gasteiger partial charge on any atom is 0.325 e. The number of para-hydroxylation sites is 2. The van der Waals surface area contributed by atoms with Crippen LogP contribution < -0.4 is 10.1 Å². The summed E-state index contributed by atoms with van der Waals surface area (Å²) < 4.78 is 9.44. The predicted molar refractivity (Wildman–Crippen MR) is 58.3 cm³/mol. The smallest absolute Gasteiger partial charge is 0.325 e. The molecule has 0 saturated heterocycles. The van der Waals surface area contributed by atoms with Crippen molar-refractivity contribution in [2.24, 2.45) is 0 Å². The van der Waals surface area contributed by atoms with Crippen LogP contribution >= 0.6 is 0 Å². The number of esters is 2. The normalized spacial score (nSPS) is 9.38. The summed E-state index contributed by atoms with van der Waals surface area (Å²) in [6, 6.07) is 6.86. The van der Waals surface area contributed by atoms with E-state index >= 15 is 0 Å². The van der Waals surface area contributed by atoms with Gasteiger partial charge in [-0.3, -0.25) is 9.59 Å². The number of methoxy groups -OCH3 is 1. The Morgan fingerprint density at radius 1 is 1.31 bits per heavy atom. The summed E-state index contributed by atoms with van der Waals surface area (Å²) in [7, 11) is 1.31. The maximum absolute atomic E-state index is 10.9. The van der Waals surface area contributed by atoms with Gasteiger partial charge >= 0.3 is 11.9 Å². The van der Waals surface area contributed by atoms with Crippen molar-refractivity contribution in [1.82, 2.24) is 0 Å². The van der Waals surface area contributed by atoms with E-state index in [9.17, 15) is 9.59 Å². The molecular formula is C11H13NO4. The number of carbonyl (C=O) groups excluding carboxylic acids is 2. The minimum atomic E-state index is -0.410. The highest BCUT2D eigenvalue weighted by molar-refractivity contribution is 5.77. The fourth-order valence-electron chi connectivity index (χ4n) is 1.10. The maximum atomic E-state index is 10.9. The van der Waals surface area contributed by atoms with Crippen LogP contribution in [0.25, 0.3) is 0 Å². The fourth-order valence-corrected chi connectivity index (χ4v) is 1.10. The van der Waals surface area contributed by atoms with Crippen LogP contribution in [0.3, 0.4) is 0 Å². The molecule has 0 saturated carbocycles. The molecule has 0 aliphatic carbocycles. The van der Waals surface area contributed by atoms with E-state index in [0.717, 1.165) is 0 Å². The first-order valence-electron chi connectivity index (χ1n) is 4.71. The molecule has 5 nitrogen and oxygen atoms in total. The summed E-state index contributed by atoms with van der Waals surface area (Å²) in [5, 5.41) is 2.82. The van der Waals surface area contributed by atoms with Crippen LogP contribution in [0.1, 0.15) is 6.92 Å². The van der Waals surface area contributed by atoms with Gasteiger partial charge in [0.15, 0.2) is 5.75 Å².